The number of hydrogen-bond donors (Lipinski definition) is 0. The normalized spacial score (nSPS) is 13.8. The second kappa shape index (κ2) is 7.53. The maximum atomic E-state index is 12.4. The molecule has 1 aliphatic rings. The number of rotatable bonds is 5. The molecule has 24 heavy (non-hydrogen) atoms. The van der Waals surface area contributed by atoms with Crippen LogP contribution in [0, 0.1) is 0 Å². The van der Waals surface area contributed by atoms with Gasteiger partial charge in [-0.1, -0.05) is 6.07 Å². The van der Waals surface area contributed by atoms with Gasteiger partial charge in [0.05, 0.1) is 13.7 Å². The van der Waals surface area contributed by atoms with E-state index in [0.29, 0.717) is 24.7 Å². The molecule has 0 radical (unpaired) electrons. The van der Waals surface area contributed by atoms with Crippen LogP contribution in [0.5, 0.6) is 11.5 Å². The zero-order valence-electron chi connectivity index (χ0n) is 14.0. The molecule has 4 nitrogen and oxygen atoms in total. The van der Waals surface area contributed by atoms with Crippen molar-refractivity contribution in [3.8, 4) is 11.5 Å². The van der Waals surface area contributed by atoms with Crippen molar-refractivity contribution >= 4 is 23.3 Å². The van der Waals surface area contributed by atoms with Crippen LogP contribution < -0.4 is 9.47 Å². The standard InChI is InChI=1S/C19H21NO3S/c1-3-23-16-6-4-14(12-17(16)22-2)5-7-19(21)20-10-8-18-15(13-20)9-11-24-18/h4-7,9,11-12H,3,8,10,13H2,1-2H3/b7-5+. The van der Waals surface area contributed by atoms with Crippen LogP contribution in [-0.2, 0) is 17.8 Å². The summed E-state index contributed by atoms with van der Waals surface area (Å²) in [5.74, 6) is 1.43. The third kappa shape index (κ3) is 3.62. The van der Waals surface area contributed by atoms with Gasteiger partial charge in [-0.25, -0.2) is 0 Å². The lowest BCUT2D eigenvalue weighted by atomic mass is 10.1. The van der Waals surface area contributed by atoms with Crippen LogP contribution in [0.3, 0.4) is 0 Å². The number of methoxy groups -OCH3 is 1. The maximum Gasteiger partial charge on any atom is 0.246 e. The van der Waals surface area contributed by atoms with Gasteiger partial charge in [-0.05, 0) is 54.1 Å². The summed E-state index contributed by atoms with van der Waals surface area (Å²) in [4.78, 5) is 15.7. The Bertz CT molecular complexity index is 751. The molecule has 0 fully saturated rings. The molecule has 0 unspecified atom stereocenters. The molecule has 0 bridgehead atoms. The Balaban J connectivity index is 1.68. The Morgan fingerprint density at radius 3 is 3.00 bits per heavy atom. The smallest absolute Gasteiger partial charge is 0.246 e. The van der Waals surface area contributed by atoms with Gasteiger partial charge in [0.1, 0.15) is 0 Å². The van der Waals surface area contributed by atoms with Crippen LogP contribution >= 0.6 is 11.3 Å². The number of fused-ring (bicyclic) bond motifs is 1. The average molecular weight is 343 g/mol. The largest absolute Gasteiger partial charge is 0.493 e. The van der Waals surface area contributed by atoms with E-state index in [-0.39, 0.29) is 5.91 Å². The number of ether oxygens (including phenoxy) is 2. The monoisotopic (exact) mass is 343 g/mol. The second-order valence-electron chi connectivity index (χ2n) is 5.56. The van der Waals surface area contributed by atoms with Crippen LogP contribution in [0.4, 0.5) is 0 Å². The Morgan fingerprint density at radius 1 is 1.33 bits per heavy atom. The SMILES string of the molecule is CCOc1ccc(/C=C/C(=O)N2CCc3sccc3C2)cc1OC. The maximum absolute atomic E-state index is 12.4. The average Bonchev–Trinajstić information content (AvgIpc) is 3.08. The lowest BCUT2D eigenvalue weighted by molar-refractivity contribution is -0.126. The van der Waals surface area contributed by atoms with E-state index in [2.05, 4.69) is 11.4 Å². The summed E-state index contributed by atoms with van der Waals surface area (Å²) in [7, 11) is 1.61. The molecular formula is C19H21NO3S. The van der Waals surface area contributed by atoms with Crippen molar-refractivity contribution in [3.05, 3.63) is 51.7 Å². The fourth-order valence-corrected chi connectivity index (χ4v) is 3.66. The molecule has 5 heteroatoms. The summed E-state index contributed by atoms with van der Waals surface area (Å²) in [5.41, 5.74) is 2.19. The zero-order chi connectivity index (χ0) is 16.9. The van der Waals surface area contributed by atoms with Crippen molar-refractivity contribution in [1.82, 2.24) is 4.90 Å². The minimum absolute atomic E-state index is 0.0414. The highest BCUT2D eigenvalue weighted by molar-refractivity contribution is 7.10. The highest BCUT2D eigenvalue weighted by Gasteiger charge is 2.19. The van der Waals surface area contributed by atoms with Gasteiger partial charge in [0.25, 0.3) is 0 Å². The van der Waals surface area contributed by atoms with Crippen molar-refractivity contribution in [3.63, 3.8) is 0 Å². The van der Waals surface area contributed by atoms with Gasteiger partial charge in [-0.3, -0.25) is 4.79 Å². The third-order valence-electron chi connectivity index (χ3n) is 4.03. The van der Waals surface area contributed by atoms with Gasteiger partial charge < -0.3 is 14.4 Å². The first-order chi connectivity index (χ1) is 11.7. The summed E-state index contributed by atoms with van der Waals surface area (Å²) in [6.07, 6.45) is 4.40. The molecular weight excluding hydrogens is 322 g/mol. The molecule has 0 saturated heterocycles. The van der Waals surface area contributed by atoms with Gasteiger partial charge in [0, 0.05) is 24.0 Å². The fraction of sp³-hybridized carbons (Fsp3) is 0.316. The Labute approximate surface area is 146 Å². The fourth-order valence-electron chi connectivity index (χ4n) is 2.77. The predicted octanol–water partition coefficient (Wildman–Crippen LogP) is 3.75. The lowest BCUT2D eigenvalue weighted by Crippen LogP contribution is -2.34. The van der Waals surface area contributed by atoms with E-state index in [4.69, 9.17) is 9.47 Å². The number of benzene rings is 1. The highest BCUT2D eigenvalue weighted by atomic mass is 32.1. The summed E-state index contributed by atoms with van der Waals surface area (Å²) in [6, 6.07) is 7.78. The molecule has 0 saturated carbocycles. The molecule has 0 N–H and O–H groups in total. The molecule has 126 valence electrons. The minimum atomic E-state index is 0.0414. The minimum Gasteiger partial charge on any atom is -0.493 e. The number of hydrogen-bond acceptors (Lipinski definition) is 4. The summed E-state index contributed by atoms with van der Waals surface area (Å²) < 4.78 is 10.8. The molecule has 1 aliphatic heterocycles. The van der Waals surface area contributed by atoms with Gasteiger partial charge in [-0.2, -0.15) is 0 Å². The van der Waals surface area contributed by atoms with Crippen molar-refractivity contribution in [1.29, 1.82) is 0 Å². The number of carbonyl (C=O) groups is 1. The van der Waals surface area contributed by atoms with E-state index in [0.717, 1.165) is 18.5 Å². The lowest BCUT2D eigenvalue weighted by Gasteiger charge is -2.25. The van der Waals surface area contributed by atoms with E-state index in [9.17, 15) is 4.79 Å². The number of thiophene rings is 1. The Kier molecular flexibility index (Phi) is 5.20. The van der Waals surface area contributed by atoms with Crippen LogP contribution in [0.25, 0.3) is 6.08 Å². The first-order valence-electron chi connectivity index (χ1n) is 8.04. The topological polar surface area (TPSA) is 38.8 Å². The summed E-state index contributed by atoms with van der Waals surface area (Å²) in [5, 5.41) is 2.10. The van der Waals surface area contributed by atoms with Crippen LogP contribution in [0.1, 0.15) is 22.9 Å². The molecule has 2 heterocycles. The van der Waals surface area contributed by atoms with E-state index in [1.54, 1.807) is 24.5 Å². The zero-order valence-corrected chi connectivity index (χ0v) is 14.8. The van der Waals surface area contributed by atoms with Crippen LogP contribution in [-0.4, -0.2) is 31.1 Å². The Hall–Kier alpha value is -2.27. The molecule has 3 rings (SSSR count). The van der Waals surface area contributed by atoms with Crippen LogP contribution in [0.2, 0.25) is 0 Å². The summed E-state index contributed by atoms with van der Waals surface area (Å²) in [6.45, 7) is 4.00. The van der Waals surface area contributed by atoms with E-state index < -0.39 is 0 Å². The van der Waals surface area contributed by atoms with E-state index in [1.807, 2.05) is 36.1 Å². The van der Waals surface area contributed by atoms with E-state index in [1.165, 1.54) is 10.4 Å². The van der Waals surface area contributed by atoms with Gasteiger partial charge >= 0.3 is 0 Å². The van der Waals surface area contributed by atoms with Crippen LogP contribution in [0.15, 0.2) is 35.7 Å². The molecule has 1 aromatic carbocycles. The molecule has 1 aromatic heterocycles. The van der Waals surface area contributed by atoms with Crippen molar-refractivity contribution in [2.24, 2.45) is 0 Å². The molecule has 0 spiro atoms. The Morgan fingerprint density at radius 2 is 2.21 bits per heavy atom. The van der Waals surface area contributed by atoms with Crippen molar-refractivity contribution < 1.29 is 14.3 Å². The quantitative estimate of drug-likeness (QED) is 0.776. The molecule has 1 amide bonds. The van der Waals surface area contributed by atoms with Crippen molar-refractivity contribution in [2.45, 2.75) is 19.9 Å². The van der Waals surface area contributed by atoms with Gasteiger partial charge in [0.2, 0.25) is 5.91 Å². The first-order valence-corrected chi connectivity index (χ1v) is 8.92. The third-order valence-corrected chi connectivity index (χ3v) is 5.05. The number of amides is 1. The van der Waals surface area contributed by atoms with Crippen molar-refractivity contribution in [2.75, 3.05) is 20.3 Å². The molecule has 2 aromatic rings. The number of carbonyl (C=O) groups excluding carboxylic acids is 1. The van der Waals surface area contributed by atoms with Gasteiger partial charge in [-0.15, -0.1) is 11.3 Å². The predicted molar refractivity (Wildman–Crippen MR) is 96.6 cm³/mol. The van der Waals surface area contributed by atoms with Gasteiger partial charge in [0.15, 0.2) is 11.5 Å². The molecule has 0 atom stereocenters. The second-order valence-corrected chi connectivity index (χ2v) is 6.56. The molecule has 0 aliphatic carbocycles. The highest BCUT2D eigenvalue weighted by Crippen LogP contribution is 2.28. The first kappa shape index (κ1) is 16.6. The summed E-state index contributed by atoms with van der Waals surface area (Å²) >= 11 is 1.78. The number of nitrogens with zero attached hydrogens (tertiary/aromatic N) is 1. The van der Waals surface area contributed by atoms with E-state index >= 15 is 0 Å².